The molecule has 0 aliphatic carbocycles. The second kappa shape index (κ2) is 9.51. The lowest BCUT2D eigenvalue weighted by atomic mass is 10.4. The SMILES string of the molecule is C=C=C(CCOCC(=C=C)S(=O)(=O)c1ccccc1)S(=O)(=O)c1ccccc1. The predicted molar refractivity (Wildman–Crippen MR) is 108 cm³/mol. The van der Waals surface area contributed by atoms with E-state index < -0.39 is 19.7 Å². The molecule has 0 saturated carbocycles. The van der Waals surface area contributed by atoms with E-state index in [0.717, 1.165) is 0 Å². The van der Waals surface area contributed by atoms with Crippen LogP contribution in [0.3, 0.4) is 0 Å². The highest BCUT2D eigenvalue weighted by Gasteiger charge is 2.22. The lowest BCUT2D eigenvalue weighted by molar-refractivity contribution is 0.164. The molecule has 0 bridgehead atoms. The summed E-state index contributed by atoms with van der Waals surface area (Å²) in [6, 6.07) is 15.8. The van der Waals surface area contributed by atoms with Crippen LogP contribution in [0.4, 0.5) is 0 Å². The van der Waals surface area contributed by atoms with Crippen LogP contribution in [0.25, 0.3) is 0 Å². The second-order valence-electron chi connectivity index (χ2n) is 5.64. The summed E-state index contributed by atoms with van der Waals surface area (Å²) in [6.45, 7) is 6.56. The lowest BCUT2D eigenvalue weighted by Crippen LogP contribution is -2.12. The van der Waals surface area contributed by atoms with Crippen molar-refractivity contribution in [1.29, 1.82) is 0 Å². The molecule has 0 N–H and O–H groups in total. The van der Waals surface area contributed by atoms with E-state index in [2.05, 4.69) is 24.6 Å². The maximum atomic E-state index is 12.6. The van der Waals surface area contributed by atoms with E-state index in [9.17, 15) is 16.8 Å². The quantitative estimate of drug-likeness (QED) is 0.460. The number of sulfone groups is 2. The van der Waals surface area contributed by atoms with Gasteiger partial charge < -0.3 is 4.74 Å². The predicted octanol–water partition coefficient (Wildman–Crippen LogP) is 3.68. The van der Waals surface area contributed by atoms with Gasteiger partial charge in [-0.1, -0.05) is 49.6 Å². The Morgan fingerprint density at radius 2 is 1.18 bits per heavy atom. The van der Waals surface area contributed by atoms with Crippen LogP contribution in [-0.2, 0) is 24.4 Å². The van der Waals surface area contributed by atoms with Crippen molar-refractivity contribution >= 4 is 19.7 Å². The monoisotopic (exact) mass is 416 g/mol. The average Bonchev–Trinajstić information content (AvgIpc) is 2.71. The molecule has 0 aliphatic heterocycles. The van der Waals surface area contributed by atoms with Crippen molar-refractivity contribution in [3.8, 4) is 0 Å². The largest absolute Gasteiger partial charge is 0.375 e. The first-order valence-corrected chi connectivity index (χ1v) is 11.3. The Balaban J connectivity index is 2.03. The van der Waals surface area contributed by atoms with Crippen molar-refractivity contribution in [1.82, 2.24) is 0 Å². The summed E-state index contributed by atoms with van der Waals surface area (Å²) in [5.74, 6) is 0. The molecule has 0 unspecified atom stereocenters. The summed E-state index contributed by atoms with van der Waals surface area (Å²) in [4.78, 5) is 0.116. The van der Waals surface area contributed by atoms with Crippen molar-refractivity contribution in [2.45, 2.75) is 16.2 Å². The average molecular weight is 417 g/mol. The molecule has 0 amide bonds. The minimum absolute atomic E-state index is 0.0105. The summed E-state index contributed by atoms with van der Waals surface area (Å²) >= 11 is 0. The van der Waals surface area contributed by atoms with Gasteiger partial charge >= 0.3 is 0 Å². The molecule has 0 spiro atoms. The smallest absolute Gasteiger partial charge is 0.212 e. The molecule has 146 valence electrons. The first-order valence-electron chi connectivity index (χ1n) is 8.30. The van der Waals surface area contributed by atoms with Gasteiger partial charge in [-0.05, 0) is 24.3 Å². The highest BCUT2D eigenvalue weighted by atomic mass is 32.2. The minimum atomic E-state index is -3.76. The topological polar surface area (TPSA) is 77.5 Å². The van der Waals surface area contributed by atoms with Crippen LogP contribution in [0.5, 0.6) is 0 Å². The number of rotatable bonds is 9. The molecular weight excluding hydrogens is 396 g/mol. The molecule has 28 heavy (non-hydrogen) atoms. The Bertz CT molecular complexity index is 1030. The van der Waals surface area contributed by atoms with E-state index in [1.165, 1.54) is 24.3 Å². The Kier molecular flexibility index (Phi) is 7.35. The third-order valence-corrected chi connectivity index (χ3v) is 7.55. The number of hydrogen-bond acceptors (Lipinski definition) is 5. The lowest BCUT2D eigenvalue weighted by Gasteiger charge is -2.10. The van der Waals surface area contributed by atoms with Crippen molar-refractivity contribution < 1.29 is 21.6 Å². The molecule has 0 aliphatic rings. The summed E-state index contributed by atoms with van der Waals surface area (Å²) in [6.07, 6.45) is 0.0105. The molecular formula is C21H20O5S2. The highest BCUT2D eigenvalue weighted by molar-refractivity contribution is 7.95. The molecule has 0 heterocycles. The number of benzene rings is 2. The standard InChI is InChI=1S/C21H20O5S2/c1-3-18(27(22,23)20-11-7-5-8-12-20)15-16-26-17-19(4-2)28(24,25)21-13-9-6-10-14-21/h5-14H,1-2,15-17H2. The zero-order valence-corrected chi connectivity index (χ0v) is 16.8. The van der Waals surface area contributed by atoms with Gasteiger partial charge in [-0.3, -0.25) is 0 Å². The fraction of sp³-hybridized carbons (Fsp3) is 0.143. The highest BCUT2D eigenvalue weighted by Crippen LogP contribution is 2.21. The van der Waals surface area contributed by atoms with Crippen LogP contribution in [0, 0.1) is 0 Å². The molecule has 2 aromatic carbocycles. The normalized spacial score (nSPS) is 11.3. The van der Waals surface area contributed by atoms with Crippen molar-refractivity contribution in [2.75, 3.05) is 13.2 Å². The Labute approximate surface area is 165 Å². The Hall–Kier alpha value is -2.66. The van der Waals surface area contributed by atoms with E-state index in [1.54, 1.807) is 36.4 Å². The molecule has 0 radical (unpaired) electrons. The Morgan fingerprint density at radius 1 is 0.750 bits per heavy atom. The van der Waals surface area contributed by atoms with Crippen molar-refractivity contribution in [3.63, 3.8) is 0 Å². The first kappa shape index (κ1) is 21.6. The van der Waals surface area contributed by atoms with Crippen molar-refractivity contribution in [2.24, 2.45) is 0 Å². The van der Waals surface area contributed by atoms with Gasteiger partial charge in [0.2, 0.25) is 19.7 Å². The van der Waals surface area contributed by atoms with Gasteiger partial charge in [0.15, 0.2) is 0 Å². The maximum Gasteiger partial charge on any atom is 0.212 e. The molecule has 0 fully saturated rings. The van der Waals surface area contributed by atoms with Crippen LogP contribution < -0.4 is 0 Å². The van der Waals surface area contributed by atoms with Gasteiger partial charge in [-0.15, -0.1) is 11.5 Å². The third kappa shape index (κ3) is 4.98. The van der Waals surface area contributed by atoms with Gasteiger partial charge in [-0.25, -0.2) is 16.8 Å². The maximum absolute atomic E-state index is 12.6. The molecule has 0 aromatic heterocycles. The first-order chi connectivity index (χ1) is 13.3. The van der Waals surface area contributed by atoms with Gasteiger partial charge in [0.25, 0.3) is 0 Å². The Morgan fingerprint density at radius 3 is 1.61 bits per heavy atom. The van der Waals surface area contributed by atoms with E-state index in [4.69, 9.17) is 4.74 Å². The van der Waals surface area contributed by atoms with Crippen molar-refractivity contribution in [3.05, 3.63) is 95.1 Å². The van der Waals surface area contributed by atoms with Crippen LogP contribution in [-0.4, -0.2) is 30.0 Å². The second-order valence-corrected chi connectivity index (χ2v) is 9.58. The molecule has 2 aromatic rings. The molecule has 2 rings (SSSR count). The molecule has 5 nitrogen and oxygen atoms in total. The summed E-state index contributed by atoms with van der Waals surface area (Å²) in [5, 5.41) is 0. The van der Waals surface area contributed by atoms with Crippen LogP contribution in [0.15, 0.2) is 105 Å². The van der Waals surface area contributed by atoms with E-state index >= 15 is 0 Å². The molecule has 7 heteroatoms. The molecule has 0 atom stereocenters. The number of ether oxygens (including phenoxy) is 1. The third-order valence-electron chi connectivity index (χ3n) is 3.86. The van der Waals surface area contributed by atoms with E-state index in [1.807, 2.05) is 0 Å². The van der Waals surface area contributed by atoms with Gasteiger partial charge in [0, 0.05) is 6.42 Å². The summed E-state index contributed by atoms with van der Waals surface area (Å²) in [7, 11) is -7.48. The van der Waals surface area contributed by atoms with Crippen LogP contribution >= 0.6 is 0 Å². The summed E-state index contributed by atoms with van der Waals surface area (Å²) < 4.78 is 55.6. The van der Waals surface area contributed by atoms with Gasteiger partial charge in [0.1, 0.15) is 4.91 Å². The van der Waals surface area contributed by atoms with Gasteiger partial charge in [-0.2, -0.15) is 0 Å². The summed E-state index contributed by atoms with van der Waals surface area (Å²) in [5.41, 5.74) is 4.84. The fourth-order valence-corrected chi connectivity index (χ4v) is 4.93. The van der Waals surface area contributed by atoms with Gasteiger partial charge in [0.05, 0.1) is 27.9 Å². The van der Waals surface area contributed by atoms with Crippen LogP contribution in [0.1, 0.15) is 6.42 Å². The number of hydrogen-bond donors (Lipinski definition) is 0. The minimum Gasteiger partial charge on any atom is -0.375 e. The zero-order chi connectivity index (χ0) is 20.6. The van der Waals surface area contributed by atoms with E-state index in [0.29, 0.717) is 0 Å². The fourth-order valence-electron chi connectivity index (χ4n) is 2.35. The van der Waals surface area contributed by atoms with Crippen LogP contribution in [0.2, 0.25) is 0 Å². The zero-order valence-electron chi connectivity index (χ0n) is 15.2. The molecule has 0 saturated heterocycles. The van der Waals surface area contributed by atoms with E-state index in [-0.39, 0.29) is 39.2 Å².